The Morgan fingerprint density at radius 3 is 2.11 bits per heavy atom. The summed E-state index contributed by atoms with van der Waals surface area (Å²) in [7, 11) is -4.13. The van der Waals surface area contributed by atoms with E-state index < -0.39 is 19.9 Å². The number of amides is 1. The summed E-state index contributed by atoms with van der Waals surface area (Å²) >= 11 is 1.22. The summed E-state index contributed by atoms with van der Waals surface area (Å²) in [6.45, 7) is 0.232. The van der Waals surface area contributed by atoms with Crippen molar-refractivity contribution in [1.82, 2.24) is 9.29 Å². The number of rotatable bonds is 7. The van der Waals surface area contributed by atoms with Crippen LogP contribution in [-0.4, -0.2) is 52.4 Å². The standard InChI is InChI=1S/C24H23N3O5S3/c1-26(2)35(31,32)19-11-9-18(10-12-19)23(28)27(16-17-7-5-4-6-8-17)24-25-21-14-13-20(34(3,29)30)15-22(21)33-24/h4-15H,16H2,1-3H3. The largest absolute Gasteiger partial charge is 0.279 e. The van der Waals surface area contributed by atoms with Crippen molar-refractivity contribution in [3.63, 3.8) is 0 Å². The molecule has 0 unspecified atom stereocenters. The summed E-state index contributed by atoms with van der Waals surface area (Å²) in [5.74, 6) is -0.356. The second-order valence-corrected chi connectivity index (χ2v) is 13.3. The van der Waals surface area contributed by atoms with Gasteiger partial charge in [-0.1, -0.05) is 41.7 Å². The Labute approximate surface area is 208 Å². The molecule has 1 amide bonds. The molecular weight excluding hydrogens is 506 g/mol. The highest BCUT2D eigenvalue weighted by Crippen LogP contribution is 2.32. The van der Waals surface area contributed by atoms with E-state index in [0.29, 0.717) is 20.9 Å². The summed E-state index contributed by atoms with van der Waals surface area (Å²) in [5, 5.41) is 0.407. The van der Waals surface area contributed by atoms with Gasteiger partial charge in [0.1, 0.15) is 0 Å². The van der Waals surface area contributed by atoms with Crippen LogP contribution in [0.2, 0.25) is 0 Å². The van der Waals surface area contributed by atoms with Gasteiger partial charge in [-0.25, -0.2) is 26.1 Å². The SMILES string of the molecule is CN(C)S(=O)(=O)c1ccc(C(=O)N(Cc2ccccc2)c2nc3ccc(S(C)(=O)=O)cc3s2)cc1. The van der Waals surface area contributed by atoms with E-state index in [0.717, 1.165) is 16.1 Å². The van der Waals surface area contributed by atoms with Gasteiger partial charge in [0, 0.05) is 25.9 Å². The predicted molar refractivity (Wildman–Crippen MR) is 137 cm³/mol. The molecule has 0 aliphatic carbocycles. The summed E-state index contributed by atoms with van der Waals surface area (Å²) in [5.41, 5.74) is 1.76. The van der Waals surface area contributed by atoms with Crippen LogP contribution in [0.5, 0.6) is 0 Å². The quantitative estimate of drug-likeness (QED) is 0.361. The third-order valence-electron chi connectivity index (χ3n) is 5.32. The first-order valence-corrected chi connectivity index (χ1v) is 14.6. The molecule has 0 saturated heterocycles. The smallest absolute Gasteiger partial charge is 0.260 e. The second-order valence-electron chi connectivity index (χ2n) is 8.09. The van der Waals surface area contributed by atoms with Gasteiger partial charge >= 0.3 is 0 Å². The van der Waals surface area contributed by atoms with Gasteiger partial charge in [0.2, 0.25) is 10.0 Å². The lowest BCUT2D eigenvalue weighted by atomic mass is 10.1. The van der Waals surface area contributed by atoms with Crippen LogP contribution in [0.1, 0.15) is 15.9 Å². The number of carbonyl (C=O) groups excluding carboxylic acids is 1. The van der Waals surface area contributed by atoms with Crippen molar-refractivity contribution in [3.05, 3.63) is 83.9 Å². The van der Waals surface area contributed by atoms with Crippen molar-refractivity contribution >= 4 is 52.5 Å². The molecule has 0 aliphatic heterocycles. The van der Waals surface area contributed by atoms with Gasteiger partial charge in [0.15, 0.2) is 15.0 Å². The monoisotopic (exact) mass is 529 g/mol. The van der Waals surface area contributed by atoms with Crippen molar-refractivity contribution in [2.45, 2.75) is 16.3 Å². The van der Waals surface area contributed by atoms with Crippen molar-refractivity contribution in [1.29, 1.82) is 0 Å². The van der Waals surface area contributed by atoms with Gasteiger partial charge in [-0.05, 0) is 48.0 Å². The van der Waals surface area contributed by atoms with Gasteiger partial charge in [-0.2, -0.15) is 0 Å². The zero-order valence-corrected chi connectivity index (χ0v) is 21.7. The van der Waals surface area contributed by atoms with Crippen LogP contribution in [0.3, 0.4) is 0 Å². The van der Waals surface area contributed by atoms with E-state index in [4.69, 9.17) is 0 Å². The van der Waals surface area contributed by atoms with E-state index in [-0.39, 0.29) is 22.2 Å². The summed E-state index contributed by atoms with van der Waals surface area (Å²) in [6, 6.07) is 19.8. The van der Waals surface area contributed by atoms with Gasteiger partial charge in [0.25, 0.3) is 5.91 Å². The number of sulfonamides is 1. The molecule has 0 spiro atoms. The maximum Gasteiger partial charge on any atom is 0.260 e. The van der Waals surface area contributed by atoms with Gasteiger partial charge in [0.05, 0.1) is 26.6 Å². The molecule has 1 heterocycles. The van der Waals surface area contributed by atoms with Crippen molar-refractivity contribution in [3.8, 4) is 0 Å². The number of aromatic nitrogens is 1. The van der Waals surface area contributed by atoms with Crippen molar-refractivity contribution < 1.29 is 21.6 Å². The highest BCUT2D eigenvalue weighted by molar-refractivity contribution is 7.90. The average molecular weight is 530 g/mol. The number of thiazole rings is 1. The molecule has 0 bridgehead atoms. The number of nitrogens with zero attached hydrogens (tertiary/aromatic N) is 3. The summed E-state index contributed by atoms with van der Waals surface area (Å²) in [4.78, 5) is 19.9. The van der Waals surface area contributed by atoms with Crippen LogP contribution in [0, 0.1) is 0 Å². The number of hydrogen-bond donors (Lipinski definition) is 0. The molecule has 1 aromatic heterocycles. The highest BCUT2D eigenvalue weighted by Gasteiger charge is 2.24. The Bertz CT molecular complexity index is 1600. The Morgan fingerprint density at radius 2 is 1.51 bits per heavy atom. The average Bonchev–Trinajstić information content (AvgIpc) is 3.25. The second kappa shape index (κ2) is 9.50. The van der Waals surface area contributed by atoms with Crippen molar-refractivity contribution in [2.75, 3.05) is 25.3 Å². The normalized spacial score (nSPS) is 12.2. The molecule has 0 atom stereocenters. The molecule has 0 aliphatic rings. The maximum absolute atomic E-state index is 13.6. The first-order chi connectivity index (χ1) is 16.5. The van der Waals surface area contributed by atoms with Crippen LogP contribution in [0.25, 0.3) is 10.2 Å². The minimum Gasteiger partial charge on any atom is -0.279 e. The minimum absolute atomic E-state index is 0.0851. The van der Waals surface area contributed by atoms with E-state index in [1.807, 2.05) is 30.3 Å². The molecule has 35 heavy (non-hydrogen) atoms. The van der Waals surface area contributed by atoms with E-state index in [1.54, 1.807) is 12.1 Å². The van der Waals surface area contributed by atoms with Gasteiger partial charge < -0.3 is 0 Å². The lowest BCUT2D eigenvalue weighted by Gasteiger charge is -2.20. The fourth-order valence-corrected chi connectivity index (χ4v) is 5.99. The molecule has 0 radical (unpaired) electrons. The predicted octanol–water partition coefficient (Wildman–Crippen LogP) is 3.80. The molecule has 8 nitrogen and oxygen atoms in total. The zero-order valence-electron chi connectivity index (χ0n) is 19.2. The molecule has 0 saturated carbocycles. The highest BCUT2D eigenvalue weighted by atomic mass is 32.2. The fraction of sp³-hybridized carbons (Fsp3) is 0.167. The number of fused-ring (bicyclic) bond motifs is 1. The van der Waals surface area contributed by atoms with Crippen molar-refractivity contribution in [2.24, 2.45) is 0 Å². The summed E-state index contributed by atoms with van der Waals surface area (Å²) in [6.07, 6.45) is 1.14. The first-order valence-electron chi connectivity index (χ1n) is 10.5. The Balaban J connectivity index is 1.75. The molecule has 0 fully saturated rings. The lowest BCUT2D eigenvalue weighted by Crippen LogP contribution is -2.30. The molecule has 3 aromatic carbocycles. The van der Waals surface area contributed by atoms with Crippen LogP contribution in [0.4, 0.5) is 5.13 Å². The molecule has 0 N–H and O–H groups in total. The third-order valence-corrected chi connectivity index (χ3v) is 9.30. The van der Waals surface area contributed by atoms with Crippen LogP contribution in [0.15, 0.2) is 82.6 Å². The third kappa shape index (κ3) is 5.27. The number of benzene rings is 3. The lowest BCUT2D eigenvalue weighted by molar-refractivity contribution is 0.0985. The number of sulfone groups is 1. The Kier molecular flexibility index (Phi) is 6.78. The Hall–Kier alpha value is -3.12. The van der Waals surface area contributed by atoms with E-state index in [2.05, 4.69) is 4.98 Å². The molecule has 11 heteroatoms. The van der Waals surface area contributed by atoms with Crippen LogP contribution in [-0.2, 0) is 26.4 Å². The maximum atomic E-state index is 13.6. The number of anilines is 1. The topological polar surface area (TPSA) is 105 Å². The Morgan fingerprint density at radius 1 is 0.886 bits per heavy atom. The minimum atomic E-state index is -3.62. The van der Waals surface area contributed by atoms with Crippen LogP contribution < -0.4 is 4.90 Å². The molecular formula is C24H23N3O5S3. The van der Waals surface area contributed by atoms with Crippen LogP contribution >= 0.6 is 11.3 Å². The van der Waals surface area contributed by atoms with Gasteiger partial charge in [-0.3, -0.25) is 9.69 Å². The molecule has 182 valence electrons. The fourth-order valence-electron chi connectivity index (χ4n) is 3.37. The van der Waals surface area contributed by atoms with E-state index in [9.17, 15) is 21.6 Å². The first kappa shape index (κ1) is 25.0. The number of carbonyl (C=O) groups is 1. The van der Waals surface area contributed by atoms with E-state index in [1.165, 1.54) is 60.7 Å². The van der Waals surface area contributed by atoms with E-state index >= 15 is 0 Å². The molecule has 4 rings (SSSR count). The zero-order chi connectivity index (χ0) is 25.4. The number of hydrogen-bond acceptors (Lipinski definition) is 7. The molecule has 4 aromatic rings. The summed E-state index contributed by atoms with van der Waals surface area (Å²) < 4.78 is 50.5. The van der Waals surface area contributed by atoms with Gasteiger partial charge in [-0.15, -0.1) is 0 Å².